The lowest BCUT2D eigenvalue weighted by molar-refractivity contribution is 0.554. The topological polar surface area (TPSA) is 107 Å². The third-order valence-electron chi connectivity index (χ3n) is 4.68. The zero-order valence-corrected chi connectivity index (χ0v) is 16.1. The van der Waals surface area contributed by atoms with Crippen molar-refractivity contribution in [1.29, 1.82) is 5.41 Å². The second-order valence-corrected chi connectivity index (χ2v) is 7.11. The van der Waals surface area contributed by atoms with Crippen LogP contribution in [0.1, 0.15) is 17.5 Å². The molecule has 4 aromatic rings. The third kappa shape index (κ3) is 3.09. The van der Waals surface area contributed by atoms with Crippen molar-refractivity contribution in [2.75, 3.05) is 0 Å². The fourth-order valence-electron chi connectivity index (χ4n) is 3.28. The highest BCUT2D eigenvalue weighted by molar-refractivity contribution is 7.80. The molecule has 0 radical (unpaired) electrons. The molecule has 0 bridgehead atoms. The van der Waals surface area contributed by atoms with E-state index >= 15 is 0 Å². The zero-order chi connectivity index (χ0) is 19.8. The lowest BCUT2D eigenvalue weighted by atomic mass is 10.2. The van der Waals surface area contributed by atoms with Gasteiger partial charge in [-0.15, -0.1) is 0 Å². The predicted molar refractivity (Wildman–Crippen MR) is 110 cm³/mol. The summed E-state index contributed by atoms with van der Waals surface area (Å²) in [5.74, 6) is 0. The Kier molecular flexibility index (Phi) is 4.52. The molecule has 3 N–H and O–H groups in total. The molecule has 0 aromatic carbocycles. The fraction of sp³-hybridized carbons (Fsp3) is 0.211. The number of aromatic nitrogens is 5. The van der Waals surface area contributed by atoms with Gasteiger partial charge in [-0.05, 0) is 31.0 Å². The molecule has 4 rings (SSSR count). The fourth-order valence-corrected chi connectivity index (χ4v) is 3.43. The molecule has 4 aromatic heterocycles. The molecule has 0 aliphatic carbocycles. The Morgan fingerprint density at radius 2 is 2.14 bits per heavy atom. The summed E-state index contributed by atoms with van der Waals surface area (Å²) in [5, 5.41) is 8.95. The number of hydrogen-bond acceptors (Lipinski definition) is 5. The van der Waals surface area contributed by atoms with Crippen LogP contribution in [-0.4, -0.2) is 28.5 Å². The first-order valence-corrected chi connectivity index (χ1v) is 9.23. The number of pyridine rings is 2. The van der Waals surface area contributed by atoms with Gasteiger partial charge in [-0.1, -0.05) is 18.3 Å². The highest BCUT2D eigenvalue weighted by atomic mass is 32.1. The first-order valence-electron chi connectivity index (χ1n) is 8.82. The average Bonchev–Trinajstić information content (AvgIpc) is 3.17. The number of rotatable bonds is 5. The molecule has 0 amide bonds. The molecule has 0 unspecified atom stereocenters. The first kappa shape index (κ1) is 18.1. The van der Waals surface area contributed by atoms with Gasteiger partial charge >= 0.3 is 0 Å². The number of hydrogen-bond donors (Lipinski definition) is 2. The minimum atomic E-state index is -0.204. The van der Waals surface area contributed by atoms with Crippen LogP contribution in [-0.2, 0) is 13.1 Å². The smallest absolute Gasteiger partial charge is 0.267 e. The van der Waals surface area contributed by atoms with E-state index in [9.17, 15) is 4.79 Å². The number of nitrogens with one attached hydrogen (secondary N) is 1. The van der Waals surface area contributed by atoms with Crippen molar-refractivity contribution in [3.63, 3.8) is 0 Å². The Balaban J connectivity index is 1.92. The van der Waals surface area contributed by atoms with Gasteiger partial charge in [-0.2, -0.15) is 0 Å². The second-order valence-electron chi connectivity index (χ2n) is 6.67. The van der Waals surface area contributed by atoms with Gasteiger partial charge in [0.05, 0.1) is 17.3 Å². The molecule has 4 heterocycles. The van der Waals surface area contributed by atoms with Crippen LogP contribution < -0.4 is 16.8 Å². The van der Waals surface area contributed by atoms with Gasteiger partial charge in [-0.3, -0.25) is 14.6 Å². The van der Waals surface area contributed by atoms with Crippen LogP contribution in [0.2, 0.25) is 0 Å². The number of thiocarbonyl (C=S) groups is 1. The van der Waals surface area contributed by atoms with E-state index < -0.39 is 0 Å². The van der Waals surface area contributed by atoms with Gasteiger partial charge in [0.2, 0.25) is 0 Å². The van der Waals surface area contributed by atoms with E-state index in [-0.39, 0.29) is 16.0 Å². The lowest BCUT2D eigenvalue weighted by Crippen LogP contribution is -2.32. The highest BCUT2D eigenvalue weighted by Gasteiger charge is 2.14. The van der Waals surface area contributed by atoms with E-state index in [1.165, 1.54) is 4.40 Å². The van der Waals surface area contributed by atoms with E-state index in [1.807, 2.05) is 23.8 Å². The summed E-state index contributed by atoms with van der Waals surface area (Å²) >= 11 is 5.11. The normalized spacial score (nSPS) is 11.3. The average molecular weight is 393 g/mol. The molecule has 0 saturated heterocycles. The maximum absolute atomic E-state index is 13.1. The van der Waals surface area contributed by atoms with Crippen molar-refractivity contribution in [3.05, 3.63) is 70.1 Å². The minimum absolute atomic E-state index is 0.0870. The zero-order valence-electron chi connectivity index (χ0n) is 15.3. The van der Waals surface area contributed by atoms with E-state index in [4.69, 9.17) is 23.4 Å². The molecule has 142 valence electrons. The van der Waals surface area contributed by atoms with Crippen LogP contribution in [0.15, 0.2) is 47.9 Å². The largest absolute Gasteiger partial charge is 0.389 e. The van der Waals surface area contributed by atoms with Gasteiger partial charge < -0.3 is 14.9 Å². The van der Waals surface area contributed by atoms with E-state index in [0.717, 1.165) is 18.5 Å². The van der Waals surface area contributed by atoms with Crippen molar-refractivity contribution in [1.82, 2.24) is 23.5 Å². The van der Waals surface area contributed by atoms with Gasteiger partial charge in [0, 0.05) is 31.7 Å². The van der Waals surface area contributed by atoms with Gasteiger partial charge in [0.1, 0.15) is 21.8 Å². The molecular formula is C19H19N7OS. The van der Waals surface area contributed by atoms with Crippen molar-refractivity contribution in [3.8, 4) is 0 Å². The number of fused-ring (bicyclic) bond motifs is 2. The molecular weight excluding hydrogens is 374 g/mol. The lowest BCUT2D eigenvalue weighted by Gasteiger charge is -2.14. The van der Waals surface area contributed by atoms with Crippen molar-refractivity contribution in [2.45, 2.75) is 26.4 Å². The molecule has 0 aliphatic rings. The molecule has 28 heavy (non-hydrogen) atoms. The summed E-state index contributed by atoms with van der Waals surface area (Å²) in [6, 6.07) is 5.29. The molecule has 8 nitrogen and oxygen atoms in total. The summed E-state index contributed by atoms with van der Waals surface area (Å²) < 4.78 is 5.19. The summed E-state index contributed by atoms with van der Waals surface area (Å²) in [6.45, 7) is 3.15. The summed E-state index contributed by atoms with van der Waals surface area (Å²) in [7, 11) is 0. The SMILES string of the molecule is Cc1ccc2nc3c(cc(C(N)=S)c(=N)n3CCCn3ccnc3)c(=O)n2c1. The van der Waals surface area contributed by atoms with Crippen molar-refractivity contribution < 1.29 is 0 Å². The van der Waals surface area contributed by atoms with Gasteiger partial charge in [0.25, 0.3) is 5.56 Å². The molecule has 0 saturated carbocycles. The standard InChI is InChI=1S/C19H19N7OS/c1-12-3-4-15-23-18-14(19(27)26(15)10-12)9-13(17(21)28)16(20)25(18)7-2-6-24-8-5-22-11-24/h3-5,8-11,20H,2,6-7H2,1H3,(H2,21,28). The van der Waals surface area contributed by atoms with E-state index in [0.29, 0.717) is 28.8 Å². The Morgan fingerprint density at radius 1 is 1.32 bits per heavy atom. The number of nitrogens with zero attached hydrogens (tertiary/aromatic N) is 5. The monoisotopic (exact) mass is 393 g/mol. The van der Waals surface area contributed by atoms with Crippen LogP contribution in [0.25, 0.3) is 16.7 Å². The molecule has 0 atom stereocenters. The molecule has 9 heteroatoms. The second kappa shape index (κ2) is 7.01. The Morgan fingerprint density at radius 3 is 2.86 bits per heavy atom. The molecule has 0 spiro atoms. The van der Waals surface area contributed by atoms with Crippen molar-refractivity contribution >= 4 is 33.9 Å². The Labute approximate surface area is 165 Å². The van der Waals surface area contributed by atoms with Crippen LogP contribution in [0.5, 0.6) is 0 Å². The maximum Gasteiger partial charge on any atom is 0.267 e. The Hall–Kier alpha value is -3.33. The van der Waals surface area contributed by atoms with Crippen LogP contribution in [0, 0.1) is 12.3 Å². The number of aryl methyl sites for hydroxylation is 3. The van der Waals surface area contributed by atoms with Crippen LogP contribution in [0.4, 0.5) is 0 Å². The minimum Gasteiger partial charge on any atom is -0.389 e. The molecule has 0 fully saturated rings. The number of imidazole rings is 1. The quantitative estimate of drug-likeness (QED) is 0.393. The number of nitrogens with two attached hydrogens (primary N) is 1. The third-order valence-corrected chi connectivity index (χ3v) is 4.90. The summed E-state index contributed by atoms with van der Waals surface area (Å²) in [4.78, 5) is 21.9. The highest BCUT2D eigenvalue weighted by Crippen LogP contribution is 2.12. The van der Waals surface area contributed by atoms with Crippen LogP contribution in [0.3, 0.4) is 0 Å². The summed E-state index contributed by atoms with van der Waals surface area (Å²) in [5.41, 5.74) is 8.11. The van der Waals surface area contributed by atoms with Crippen molar-refractivity contribution in [2.24, 2.45) is 5.73 Å². The maximum atomic E-state index is 13.1. The van der Waals surface area contributed by atoms with Gasteiger partial charge in [0.15, 0.2) is 0 Å². The first-order chi connectivity index (χ1) is 13.5. The van der Waals surface area contributed by atoms with E-state index in [1.54, 1.807) is 35.4 Å². The Bertz CT molecular complexity index is 1320. The summed E-state index contributed by atoms with van der Waals surface area (Å²) in [6.07, 6.45) is 7.84. The van der Waals surface area contributed by atoms with Crippen LogP contribution >= 0.6 is 12.2 Å². The molecule has 0 aliphatic heterocycles. The van der Waals surface area contributed by atoms with E-state index in [2.05, 4.69) is 9.97 Å². The predicted octanol–water partition coefficient (Wildman–Crippen LogP) is 1.36. The van der Waals surface area contributed by atoms with Gasteiger partial charge in [-0.25, -0.2) is 9.97 Å².